The third kappa shape index (κ3) is 4.79. The van der Waals surface area contributed by atoms with Crippen LogP contribution in [-0.4, -0.2) is 50.2 Å². The number of nitrogens with one attached hydrogen (secondary N) is 1. The fraction of sp³-hybridized carbons (Fsp3) is 0.300. The van der Waals surface area contributed by atoms with Crippen LogP contribution in [0.3, 0.4) is 0 Å². The molecular weight excluding hydrogens is 660 g/mol. The number of fused-ring (bicyclic) bond motifs is 1. The van der Waals surface area contributed by atoms with Crippen LogP contribution in [0, 0.1) is 0 Å². The normalized spacial score (nSPS) is 13.6. The molecule has 1 N–H and O–H groups in total. The average Bonchev–Trinajstić information content (AvgIpc) is 2.75. The highest BCUT2D eigenvalue weighted by Gasteiger charge is 2.28. The molecule has 9 nitrogen and oxygen atoms in total. The van der Waals surface area contributed by atoms with Gasteiger partial charge in [0.05, 0.1) is 34.6 Å². The van der Waals surface area contributed by atoms with E-state index in [2.05, 4.69) is 64.1 Å². The van der Waals surface area contributed by atoms with Crippen LogP contribution in [-0.2, 0) is 11.8 Å². The molecule has 3 aromatic rings. The minimum Gasteiger partial charge on any atom is -0.339 e. The van der Waals surface area contributed by atoms with Gasteiger partial charge >= 0.3 is 0 Å². The fourth-order valence-electron chi connectivity index (χ4n) is 3.33. The highest BCUT2D eigenvalue weighted by molar-refractivity contribution is 14.1. The van der Waals surface area contributed by atoms with Gasteiger partial charge in [-0.3, -0.25) is 12.7 Å². The Kier molecular flexibility index (Phi) is 7.07. The quantitative estimate of drug-likeness (QED) is 0.231. The van der Waals surface area contributed by atoms with Crippen molar-refractivity contribution >= 4 is 97.3 Å². The second-order valence-corrected chi connectivity index (χ2v) is 10.6. The number of carbonyl (C=O) groups is 1. The number of rotatable bonds is 7. The minimum atomic E-state index is -0.186. The topological polar surface area (TPSA) is 86.6 Å². The SMILES string of the molecule is CN(I)CCN(I)c1ncc(Cl)c(Nc2ccc3c(c2)cc(N2CCC2=O)c(=O)n3C)n1. The molecule has 0 bridgehead atoms. The van der Waals surface area contributed by atoms with Crippen LogP contribution in [0.4, 0.5) is 23.1 Å². The maximum absolute atomic E-state index is 12.7. The Balaban J connectivity index is 1.64. The van der Waals surface area contributed by atoms with E-state index in [0.29, 0.717) is 35.4 Å². The number of aromatic nitrogens is 3. The van der Waals surface area contributed by atoms with Crippen molar-refractivity contribution in [2.45, 2.75) is 6.42 Å². The van der Waals surface area contributed by atoms with Crippen LogP contribution in [0.5, 0.6) is 0 Å². The summed E-state index contributed by atoms with van der Waals surface area (Å²) in [5.74, 6) is 1.01. The largest absolute Gasteiger partial charge is 0.339 e. The van der Waals surface area contributed by atoms with Crippen LogP contribution >= 0.6 is 57.3 Å². The summed E-state index contributed by atoms with van der Waals surface area (Å²) in [4.78, 5) is 35.0. The number of carbonyl (C=O) groups excluding carboxylic acids is 1. The van der Waals surface area contributed by atoms with Gasteiger partial charge in [-0.2, -0.15) is 4.98 Å². The number of amides is 1. The van der Waals surface area contributed by atoms with Gasteiger partial charge in [-0.05, 0) is 31.3 Å². The number of halogens is 3. The molecular formula is C20H20ClI2N7O2. The lowest BCUT2D eigenvalue weighted by Gasteiger charge is -2.30. The zero-order chi connectivity index (χ0) is 23.0. The van der Waals surface area contributed by atoms with Gasteiger partial charge in [0.2, 0.25) is 11.9 Å². The van der Waals surface area contributed by atoms with Crippen LogP contribution in [0.2, 0.25) is 5.02 Å². The summed E-state index contributed by atoms with van der Waals surface area (Å²) in [5.41, 5.74) is 1.74. The molecule has 0 radical (unpaired) electrons. The Morgan fingerprint density at radius 2 is 2.00 bits per heavy atom. The van der Waals surface area contributed by atoms with Crippen LogP contribution in [0.1, 0.15) is 6.42 Å². The van der Waals surface area contributed by atoms with Gasteiger partial charge in [-0.25, -0.2) is 8.10 Å². The van der Waals surface area contributed by atoms with Crippen molar-refractivity contribution in [1.82, 2.24) is 17.6 Å². The number of pyridine rings is 1. The molecule has 1 amide bonds. The summed E-state index contributed by atoms with van der Waals surface area (Å²) in [6.45, 7) is 2.17. The van der Waals surface area contributed by atoms with Gasteiger partial charge < -0.3 is 14.8 Å². The van der Waals surface area contributed by atoms with E-state index in [-0.39, 0.29) is 11.5 Å². The first-order valence-corrected chi connectivity index (χ1v) is 12.1. The molecule has 0 saturated carbocycles. The molecule has 12 heteroatoms. The third-order valence-corrected chi connectivity index (χ3v) is 6.83. The van der Waals surface area contributed by atoms with Gasteiger partial charge in [0, 0.05) is 67.0 Å². The Bertz CT molecular complexity index is 1250. The predicted octanol–water partition coefficient (Wildman–Crippen LogP) is 3.90. The number of anilines is 4. The summed E-state index contributed by atoms with van der Waals surface area (Å²) in [6.07, 6.45) is 2.04. The zero-order valence-corrected chi connectivity index (χ0v) is 22.4. The van der Waals surface area contributed by atoms with Crippen molar-refractivity contribution in [3.63, 3.8) is 0 Å². The predicted molar refractivity (Wildman–Crippen MR) is 144 cm³/mol. The molecule has 1 fully saturated rings. The van der Waals surface area contributed by atoms with Gasteiger partial charge in [0.25, 0.3) is 5.56 Å². The van der Waals surface area contributed by atoms with E-state index in [1.54, 1.807) is 23.9 Å². The second kappa shape index (κ2) is 9.65. The molecule has 168 valence electrons. The number of aryl methyl sites for hydroxylation is 1. The molecule has 1 saturated heterocycles. The lowest BCUT2D eigenvalue weighted by molar-refractivity contribution is -0.122. The van der Waals surface area contributed by atoms with E-state index in [1.165, 1.54) is 4.90 Å². The van der Waals surface area contributed by atoms with Crippen molar-refractivity contribution in [2.24, 2.45) is 7.05 Å². The molecule has 0 atom stereocenters. The number of hydrogen-bond acceptors (Lipinski definition) is 7. The maximum atomic E-state index is 12.7. The lowest BCUT2D eigenvalue weighted by atomic mass is 10.1. The molecule has 0 unspecified atom stereocenters. The van der Waals surface area contributed by atoms with Crippen molar-refractivity contribution < 1.29 is 4.79 Å². The van der Waals surface area contributed by atoms with Gasteiger partial charge in [0.15, 0.2) is 5.82 Å². The van der Waals surface area contributed by atoms with E-state index in [1.807, 2.05) is 28.4 Å². The van der Waals surface area contributed by atoms with Crippen molar-refractivity contribution in [3.8, 4) is 0 Å². The number of benzene rings is 1. The van der Waals surface area contributed by atoms with E-state index in [0.717, 1.165) is 29.7 Å². The highest BCUT2D eigenvalue weighted by atomic mass is 127. The molecule has 0 spiro atoms. The molecule has 2 aromatic heterocycles. The Morgan fingerprint density at radius 3 is 2.66 bits per heavy atom. The van der Waals surface area contributed by atoms with Crippen LogP contribution in [0.25, 0.3) is 10.9 Å². The Hall–Kier alpha value is -1.71. The maximum Gasteiger partial charge on any atom is 0.274 e. The molecule has 1 aliphatic heterocycles. The van der Waals surface area contributed by atoms with Crippen LogP contribution in [0.15, 0.2) is 35.3 Å². The number of hydrogen-bond donors (Lipinski definition) is 1. The third-order valence-electron chi connectivity index (χ3n) is 5.16. The van der Waals surface area contributed by atoms with Crippen molar-refractivity contribution in [3.05, 3.63) is 45.8 Å². The molecule has 1 aliphatic rings. The van der Waals surface area contributed by atoms with Crippen LogP contribution < -0.4 is 18.9 Å². The lowest BCUT2D eigenvalue weighted by Crippen LogP contribution is -2.46. The smallest absolute Gasteiger partial charge is 0.274 e. The van der Waals surface area contributed by atoms with Crippen molar-refractivity contribution in [1.29, 1.82) is 0 Å². The van der Waals surface area contributed by atoms with Gasteiger partial charge in [-0.15, -0.1) is 0 Å². The first kappa shape index (κ1) is 23.4. The number of likely N-dealkylation sites (N-methyl/N-ethyl adjacent to an activating group) is 1. The number of β-lactam (4-membered cyclic amide) rings is 1. The monoisotopic (exact) mass is 679 g/mol. The molecule has 0 aliphatic carbocycles. The fourth-order valence-corrected chi connectivity index (χ4v) is 4.13. The Morgan fingerprint density at radius 1 is 1.22 bits per heavy atom. The summed E-state index contributed by atoms with van der Waals surface area (Å²) in [7, 11) is 3.71. The van der Waals surface area contributed by atoms with Gasteiger partial charge in [-0.1, -0.05) is 11.6 Å². The first-order valence-electron chi connectivity index (χ1n) is 9.78. The Labute approximate surface area is 217 Å². The summed E-state index contributed by atoms with van der Waals surface area (Å²) < 4.78 is 5.55. The molecule has 1 aromatic carbocycles. The molecule has 32 heavy (non-hydrogen) atoms. The summed E-state index contributed by atoms with van der Waals surface area (Å²) in [6, 6.07) is 7.40. The number of nitrogens with zero attached hydrogens (tertiary/aromatic N) is 6. The van der Waals surface area contributed by atoms with Gasteiger partial charge in [0.1, 0.15) is 10.7 Å². The van der Waals surface area contributed by atoms with E-state index < -0.39 is 0 Å². The van der Waals surface area contributed by atoms with E-state index in [9.17, 15) is 9.59 Å². The van der Waals surface area contributed by atoms with E-state index in [4.69, 9.17) is 11.6 Å². The van der Waals surface area contributed by atoms with Crippen molar-refractivity contribution in [2.75, 3.05) is 40.0 Å². The average molecular weight is 680 g/mol. The zero-order valence-electron chi connectivity index (χ0n) is 17.3. The first-order chi connectivity index (χ1) is 15.2. The molecule has 4 rings (SSSR count). The minimum absolute atomic E-state index is 0.0341. The standard InChI is InChI=1S/C20H20ClI2N7O2/c1-27(22)7-8-30(23)20-24-11-14(21)18(26-20)25-13-3-4-15-12(9-13)10-16(19(32)28(15)2)29-6-5-17(29)31/h3-4,9-11H,5-8H2,1-2H3,(H,24,25,26). The second-order valence-electron chi connectivity index (χ2n) is 7.37. The molecule has 3 heterocycles. The van der Waals surface area contributed by atoms with E-state index >= 15 is 0 Å². The summed E-state index contributed by atoms with van der Waals surface area (Å²) in [5, 5.41) is 4.48. The summed E-state index contributed by atoms with van der Waals surface area (Å²) >= 11 is 10.8. The highest BCUT2D eigenvalue weighted by Crippen LogP contribution is 2.29.